The predicted octanol–water partition coefficient (Wildman–Crippen LogP) is 3.24. The molecule has 1 aromatic heterocycles. The van der Waals surface area contributed by atoms with Crippen molar-refractivity contribution in [3.05, 3.63) is 21.9 Å². The van der Waals surface area contributed by atoms with E-state index in [0.717, 1.165) is 6.54 Å². The highest BCUT2D eigenvalue weighted by Crippen LogP contribution is 2.18. The number of nitrogens with one attached hydrogen (secondary N) is 1. The third kappa shape index (κ3) is 4.25. The molecular formula is C12H21NS. The molecule has 0 fully saturated rings. The van der Waals surface area contributed by atoms with Gasteiger partial charge in [0.15, 0.2) is 0 Å². The van der Waals surface area contributed by atoms with Gasteiger partial charge in [-0.05, 0) is 37.9 Å². The normalized spacial score (nSPS) is 11.1. The van der Waals surface area contributed by atoms with Crippen LogP contribution in [0, 0.1) is 0 Å². The number of aryl methyl sites for hydroxylation is 2. The van der Waals surface area contributed by atoms with Gasteiger partial charge in [0, 0.05) is 15.8 Å². The molecule has 0 atom stereocenters. The molecule has 0 aromatic carbocycles. The Balaban J connectivity index is 2.18. The Morgan fingerprint density at radius 3 is 2.57 bits per heavy atom. The van der Waals surface area contributed by atoms with E-state index in [1.165, 1.54) is 29.0 Å². The molecule has 0 aliphatic carbocycles. The molecule has 14 heavy (non-hydrogen) atoms. The van der Waals surface area contributed by atoms with Gasteiger partial charge < -0.3 is 5.32 Å². The van der Waals surface area contributed by atoms with Gasteiger partial charge in [-0.2, -0.15) is 0 Å². The van der Waals surface area contributed by atoms with Crippen LogP contribution in [0.25, 0.3) is 0 Å². The molecule has 0 saturated heterocycles. The Labute approximate surface area is 91.5 Å². The first-order valence-electron chi connectivity index (χ1n) is 5.53. The van der Waals surface area contributed by atoms with Gasteiger partial charge in [-0.25, -0.2) is 0 Å². The fourth-order valence-corrected chi connectivity index (χ4v) is 2.40. The van der Waals surface area contributed by atoms with Gasteiger partial charge in [0.05, 0.1) is 0 Å². The predicted molar refractivity (Wildman–Crippen MR) is 65.2 cm³/mol. The maximum absolute atomic E-state index is 3.44. The molecule has 0 bridgehead atoms. The number of rotatable bonds is 6. The summed E-state index contributed by atoms with van der Waals surface area (Å²) < 4.78 is 0. The minimum absolute atomic E-state index is 0.615. The fraction of sp³-hybridized carbons (Fsp3) is 0.667. The third-order valence-electron chi connectivity index (χ3n) is 2.22. The van der Waals surface area contributed by atoms with Crippen molar-refractivity contribution in [2.45, 2.75) is 46.1 Å². The Hall–Kier alpha value is -0.340. The molecule has 0 aliphatic rings. The molecule has 0 amide bonds. The maximum atomic E-state index is 3.44. The lowest BCUT2D eigenvalue weighted by Crippen LogP contribution is -2.23. The Bertz CT molecular complexity index is 253. The van der Waals surface area contributed by atoms with E-state index in [0.29, 0.717) is 6.04 Å². The first kappa shape index (κ1) is 11.7. The van der Waals surface area contributed by atoms with E-state index in [-0.39, 0.29) is 0 Å². The van der Waals surface area contributed by atoms with Crippen molar-refractivity contribution < 1.29 is 0 Å². The second-order valence-electron chi connectivity index (χ2n) is 3.93. The van der Waals surface area contributed by atoms with Gasteiger partial charge in [0.1, 0.15) is 0 Å². The van der Waals surface area contributed by atoms with Crippen molar-refractivity contribution in [1.29, 1.82) is 0 Å². The van der Waals surface area contributed by atoms with Crippen LogP contribution in [0.5, 0.6) is 0 Å². The summed E-state index contributed by atoms with van der Waals surface area (Å²) in [5.74, 6) is 0. The largest absolute Gasteiger partial charge is 0.315 e. The molecule has 1 aromatic rings. The van der Waals surface area contributed by atoms with E-state index in [9.17, 15) is 0 Å². The van der Waals surface area contributed by atoms with E-state index in [1.807, 2.05) is 11.3 Å². The zero-order valence-electron chi connectivity index (χ0n) is 9.47. The van der Waals surface area contributed by atoms with Gasteiger partial charge in [0.2, 0.25) is 0 Å². The summed E-state index contributed by atoms with van der Waals surface area (Å²) in [4.78, 5) is 3.05. The monoisotopic (exact) mass is 211 g/mol. The molecule has 0 spiro atoms. The Morgan fingerprint density at radius 2 is 2.00 bits per heavy atom. The summed E-state index contributed by atoms with van der Waals surface area (Å²) >= 11 is 1.96. The third-order valence-corrected chi connectivity index (χ3v) is 3.51. The van der Waals surface area contributed by atoms with E-state index in [2.05, 4.69) is 38.2 Å². The lowest BCUT2D eigenvalue weighted by atomic mass is 10.2. The van der Waals surface area contributed by atoms with Crippen molar-refractivity contribution >= 4 is 11.3 Å². The topological polar surface area (TPSA) is 12.0 Å². The van der Waals surface area contributed by atoms with Crippen LogP contribution in [-0.2, 0) is 12.8 Å². The van der Waals surface area contributed by atoms with E-state index in [4.69, 9.17) is 0 Å². The highest BCUT2D eigenvalue weighted by molar-refractivity contribution is 7.11. The number of thiophene rings is 1. The second kappa shape index (κ2) is 6.20. The van der Waals surface area contributed by atoms with E-state index < -0.39 is 0 Å². The molecule has 0 aliphatic heterocycles. The fourth-order valence-electron chi connectivity index (χ4n) is 1.40. The minimum atomic E-state index is 0.615. The zero-order valence-corrected chi connectivity index (χ0v) is 10.3. The highest BCUT2D eigenvalue weighted by Gasteiger charge is 1.98. The summed E-state index contributed by atoms with van der Waals surface area (Å²) in [5, 5.41) is 3.44. The van der Waals surface area contributed by atoms with Crippen LogP contribution in [-0.4, -0.2) is 12.6 Å². The molecule has 0 radical (unpaired) electrons. The molecule has 1 N–H and O–H groups in total. The molecular weight excluding hydrogens is 190 g/mol. The van der Waals surface area contributed by atoms with Gasteiger partial charge in [-0.3, -0.25) is 0 Å². The van der Waals surface area contributed by atoms with Crippen LogP contribution in [0.4, 0.5) is 0 Å². The van der Waals surface area contributed by atoms with Gasteiger partial charge in [0.25, 0.3) is 0 Å². The first-order chi connectivity index (χ1) is 6.72. The molecule has 0 saturated carbocycles. The van der Waals surface area contributed by atoms with Crippen molar-refractivity contribution in [2.24, 2.45) is 0 Å². The average Bonchev–Trinajstić information content (AvgIpc) is 2.60. The van der Waals surface area contributed by atoms with E-state index >= 15 is 0 Å². The highest BCUT2D eigenvalue weighted by atomic mass is 32.1. The van der Waals surface area contributed by atoms with Gasteiger partial charge >= 0.3 is 0 Å². The van der Waals surface area contributed by atoms with Crippen LogP contribution in [0.1, 0.15) is 36.9 Å². The van der Waals surface area contributed by atoms with Crippen molar-refractivity contribution in [1.82, 2.24) is 5.32 Å². The molecule has 1 nitrogen and oxygen atoms in total. The van der Waals surface area contributed by atoms with E-state index in [1.54, 1.807) is 0 Å². The van der Waals surface area contributed by atoms with Crippen LogP contribution >= 0.6 is 11.3 Å². The van der Waals surface area contributed by atoms with Gasteiger partial charge in [-0.15, -0.1) is 11.3 Å². The molecule has 1 rings (SSSR count). The SMILES string of the molecule is CCc1ccc(CCCNC(C)C)s1. The summed E-state index contributed by atoms with van der Waals surface area (Å²) in [6.07, 6.45) is 3.65. The standard InChI is InChI=1S/C12H21NS/c1-4-11-7-8-12(14-11)6-5-9-13-10(2)3/h7-8,10,13H,4-6,9H2,1-3H3. The summed E-state index contributed by atoms with van der Waals surface area (Å²) in [5.41, 5.74) is 0. The van der Waals surface area contributed by atoms with Gasteiger partial charge in [-0.1, -0.05) is 20.8 Å². The van der Waals surface area contributed by atoms with Crippen molar-refractivity contribution in [3.63, 3.8) is 0 Å². The summed E-state index contributed by atoms with van der Waals surface area (Å²) in [6.45, 7) is 7.74. The molecule has 1 heterocycles. The van der Waals surface area contributed by atoms with Crippen molar-refractivity contribution in [2.75, 3.05) is 6.54 Å². The van der Waals surface area contributed by atoms with Crippen LogP contribution in [0.3, 0.4) is 0 Å². The Kier molecular flexibility index (Phi) is 5.20. The zero-order chi connectivity index (χ0) is 10.4. The number of hydrogen-bond acceptors (Lipinski definition) is 2. The average molecular weight is 211 g/mol. The summed E-state index contributed by atoms with van der Waals surface area (Å²) in [6, 6.07) is 5.15. The summed E-state index contributed by atoms with van der Waals surface area (Å²) in [7, 11) is 0. The van der Waals surface area contributed by atoms with Crippen LogP contribution in [0.15, 0.2) is 12.1 Å². The Morgan fingerprint density at radius 1 is 1.29 bits per heavy atom. The molecule has 2 heteroatoms. The van der Waals surface area contributed by atoms with Crippen LogP contribution < -0.4 is 5.32 Å². The quantitative estimate of drug-likeness (QED) is 0.712. The maximum Gasteiger partial charge on any atom is 0.00486 e. The smallest absolute Gasteiger partial charge is 0.00486 e. The molecule has 80 valence electrons. The lowest BCUT2D eigenvalue weighted by molar-refractivity contribution is 0.571. The van der Waals surface area contributed by atoms with Crippen LogP contribution in [0.2, 0.25) is 0 Å². The first-order valence-corrected chi connectivity index (χ1v) is 6.35. The molecule has 0 unspecified atom stereocenters. The van der Waals surface area contributed by atoms with Crippen molar-refractivity contribution in [3.8, 4) is 0 Å². The number of hydrogen-bond donors (Lipinski definition) is 1. The lowest BCUT2D eigenvalue weighted by Gasteiger charge is -2.06. The second-order valence-corrected chi connectivity index (χ2v) is 5.19. The minimum Gasteiger partial charge on any atom is -0.315 e.